The molecule has 0 aromatic heterocycles. The molecule has 6 heteroatoms. The fourth-order valence-electron chi connectivity index (χ4n) is 0.827. The molecule has 0 spiro atoms. The van der Waals surface area contributed by atoms with Crippen LogP contribution in [0.15, 0.2) is 32.8 Å². The van der Waals surface area contributed by atoms with Gasteiger partial charge in [-0.25, -0.2) is 0 Å². The molecule has 14 heavy (non-hydrogen) atoms. The molecule has 0 heterocycles. The molecule has 0 fully saturated rings. The van der Waals surface area contributed by atoms with E-state index >= 15 is 0 Å². The third-order valence-electron chi connectivity index (χ3n) is 2.04. The maximum absolute atomic E-state index is 8.24. The summed E-state index contributed by atoms with van der Waals surface area (Å²) in [6.07, 6.45) is 0. The van der Waals surface area contributed by atoms with Crippen LogP contribution in [-0.2, 0) is 0 Å². The molecule has 0 unspecified atom stereocenters. The lowest BCUT2D eigenvalue weighted by molar-refractivity contribution is 1.12. The van der Waals surface area contributed by atoms with E-state index < -0.39 is 0 Å². The van der Waals surface area contributed by atoms with Crippen molar-refractivity contribution in [3.8, 4) is 0 Å². The van der Waals surface area contributed by atoms with Crippen molar-refractivity contribution in [3.05, 3.63) is 43.4 Å². The van der Waals surface area contributed by atoms with Crippen LogP contribution in [0.5, 0.6) is 0 Å². The van der Waals surface area contributed by atoms with Gasteiger partial charge in [-0.15, -0.1) is 0 Å². The highest BCUT2D eigenvalue weighted by atomic mass is 15.1. The van der Waals surface area contributed by atoms with E-state index in [4.69, 9.17) is 11.1 Å². The van der Waals surface area contributed by atoms with Gasteiger partial charge in [0.1, 0.15) is 0 Å². The first-order chi connectivity index (χ1) is 6.54. The summed E-state index contributed by atoms with van der Waals surface area (Å²) in [5.74, 6) is 0. The Morgan fingerprint density at radius 1 is 0.786 bits per heavy atom. The Hall–Kier alpha value is -1.90. The third kappa shape index (κ3) is 3.23. The van der Waals surface area contributed by atoms with Crippen molar-refractivity contribution in [1.82, 2.24) is 0 Å². The summed E-state index contributed by atoms with van der Waals surface area (Å²) in [4.78, 5) is 5.37. The fraction of sp³-hybridized carbons (Fsp3) is 0.500. The second-order valence-corrected chi connectivity index (χ2v) is 2.80. The second kappa shape index (κ2) is 5.70. The van der Waals surface area contributed by atoms with E-state index in [0.29, 0.717) is 11.4 Å². The van der Waals surface area contributed by atoms with Crippen molar-refractivity contribution >= 4 is 0 Å². The molecule has 0 rings (SSSR count). The summed E-state index contributed by atoms with van der Waals surface area (Å²) in [5.41, 5.74) is 19.3. The van der Waals surface area contributed by atoms with Gasteiger partial charge in [0.05, 0.1) is 0 Å². The second-order valence-electron chi connectivity index (χ2n) is 2.80. The van der Waals surface area contributed by atoms with Gasteiger partial charge < -0.3 is 0 Å². The summed E-state index contributed by atoms with van der Waals surface area (Å²) in [7, 11) is 0. The molecule has 0 atom stereocenters. The van der Waals surface area contributed by atoms with Crippen LogP contribution in [0.4, 0.5) is 0 Å². The maximum atomic E-state index is 8.24. The Bertz CT molecular complexity index is 339. The molecule has 0 N–H and O–H groups in total. The van der Waals surface area contributed by atoms with E-state index in [0.717, 1.165) is 11.1 Å². The molecule has 0 aliphatic heterocycles. The molecule has 0 amide bonds. The average molecular weight is 192 g/mol. The van der Waals surface area contributed by atoms with Crippen LogP contribution in [0.3, 0.4) is 0 Å². The van der Waals surface area contributed by atoms with Crippen molar-refractivity contribution in [2.75, 3.05) is 0 Å². The first-order valence-corrected chi connectivity index (χ1v) is 4.00. The number of azide groups is 2. The van der Waals surface area contributed by atoms with Gasteiger partial charge in [-0.05, 0) is 49.9 Å². The maximum Gasteiger partial charge on any atom is 0.0151 e. The minimum Gasteiger partial charge on any atom is -0.0651 e. The van der Waals surface area contributed by atoms with Crippen molar-refractivity contribution in [2.24, 2.45) is 10.2 Å². The summed E-state index contributed by atoms with van der Waals surface area (Å²) >= 11 is 0. The first-order valence-electron chi connectivity index (χ1n) is 4.00. The van der Waals surface area contributed by atoms with Gasteiger partial charge in [-0.3, -0.25) is 0 Å². The SMILES string of the molecule is CC(N=[N+]=[N-])=C(C)C(C)=C(C)N=[N+]=[N-]. The molecule has 74 valence electrons. The Morgan fingerprint density at radius 3 is 1.29 bits per heavy atom. The number of allylic oxidation sites excluding steroid dienone is 4. The molecule has 0 bridgehead atoms. The topological polar surface area (TPSA) is 97.5 Å². The van der Waals surface area contributed by atoms with Gasteiger partial charge in [-0.1, -0.05) is 10.2 Å². The van der Waals surface area contributed by atoms with Crippen LogP contribution in [0.25, 0.3) is 20.9 Å². The summed E-state index contributed by atoms with van der Waals surface area (Å²) < 4.78 is 0. The lowest BCUT2D eigenvalue weighted by Crippen LogP contribution is -1.86. The quantitative estimate of drug-likeness (QED) is 0.277. The summed E-state index contributed by atoms with van der Waals surface area (Å²) in [6.45, 7) is 7.05. The van der Waals surface area contributed by atoms with Crippen LogP contribution < -0.4 is 0 Å². The van der Waals surface area contributed by atoms with E-state index in [2.05, 4.69) is 20.1 Å². The standard InChI is InChI=1S/C8H12N6/c1-5(7(3)11-13-9)6(2)8(4)12-14-10/h1-4H3. The smallest absolute Gasteiger partial charge is 0.0151 e. The fourth-order valence-corrected chi connectivity index (χ4v) is 0.827. The highest BCUT2D eigenvalue weighted by Crippen LogP contribution is 2.19. The zero-order chi connectivity index (χ0) is 11.1. The molecular weight excluding hydrogens is 180 g/mol. The van der Waals surface area contributed by atoms with Gasteiger partial charge in [0.2, 0.25) is 0 Å². The molecular formula is C8H12N6. The Morgan fingerprint density at radius 2 is 1.07 bits per heavy atom. The molecule has 0 aromatic rings. The Labute approximate surface area is 82.2 Å². The Balaban J connectivity index is 5.32. The lowest BCUT2D eigenvalue weighted by atomic mass is 10.1. The highest BCUT2D eigenvalue weighted by Gasteiger charge is 2.00. The molecule has 0 saturated heterocycles. The van der Waals surface area contributed by atoms with Crippen molar-refractivity contribution < 1.29 is 0 Å². The molecule has 0 saturated carbocycles. The number of rotatable bonds is 3. The highest BCUT2D eigenvalue weighted by molar-refractivity contribution is 5.33. The predicted molar refractivity (Wildman–Crippen MR) is 55.0 cm³/mol. The van der Waals surface area contributed by atoms with Gasteiger partial charge in [0.15, 0.2) is 0 Å². The van der Waals surface area contributed by atoms with E-state index in [1.807, 2.05) is 13.8 Å². The van der Waals surface area contributed by atoms with Crippen LogP contribution >= 0.6 is 0 Å². The summed E-state index contributed by atoms with van der Waals surface area (Å²) in [5, 5.41) is 6.96. The zero-order valence-electron chi connectivity index (χ0n) is 8.68. The van der Waals surface area contributed by atoms with Crippen molar-refractivity contribution in [1.29, 1.82) is 0 Å². The van der Waals surface area contributed by atoms with E-state index in [1.165, 1.54) is 0 Å². The average Bonchev–Trinajstić information content (AvgIpc) is 2.16. The largest absolute Gasteiger partial charge is 0.0651 e. The van der Waals surface area contributed by atoms with Crippen LogP contribution in [-0.4, -0.2) is 0 Å². The third-order valence-corrected chi connectivity index (χ3v) is 2.04. The monoisotopic (exact) mass is 192 g/mol. The molecule has 0 radical (unpaired) electrons. The van der Waals surface area contributed by atoms with Gasteiger partial charge in [-0.2, -0.15) is 0 Å². The van der Waals surface area contributed by atoms with Gasteiger partial charge in [0, 0.05) is 21.2 Å². The number of hydrogen-bond acceptors (Lipinski definition) is 2. The van der Waals surface area contributed by atoms with E-state index in [9.17, 15) is 0 Å². The van der Waals surface area contributed by atoms with E-state index in [-0.39, 0.29) is 0 Å². The summed E-state index contributed by atoms with van der Waals surface area (Å²) in [6, 6.07) is 0. The first kappa shape index (κ1) is 12.1. The normalized spacial score (nSPS) is 13.1. The lowest BCUT2D eigenvalue weighted by Gasteiger charge is -2.05. The van der Waals surface area contributed by atoms with Gasteiger partial charge >= 0.3 is 0 Å². The molecule has 0 aliphatic rings. The van der Waals surface area contributed by atoms with Gasteiger partial charge in [0.25, 0.3) is 0 Å². The minimum atomic E-state index is 0.581. The number of nitrogens with zero attached hydrogens (tertiary/aromatic N) is 6. The van der Waals surface area contributed by atoms with Crippen LogP contribution in [0.2, 0.25) is 0 Å². The van der Waals surface area contributed by atoms with Crippen molar-refractivity contribution in [3.63, 3.8) is 0 Å². The van der Waals surface area contributed by atoms with Crippen LogP contribution in [0.1, 0.15) is 27.7 Å². The molecule has 0 aliphatic carbocycles. The van der Waals surface area contributed by atoms with E-state index in [1.54, 1.807) is 13.8 Å². The number of hydrogen-bond donors (Lipinski definition) is 0. The van der Waals surface area contributed by atoms with Crippen LogP contribution in [0, 0.1) is 0 Å². The Kier molecular flexibility index (Phi) is 4.92. The molecule has 6 nitrogen and oxygen atoms in total. The minimum absolute atomic E-state index is 0.581. The van der Waals surface area contributed by atoms with Crippen molar-refractivity contribution in [2.45, 2.75) is 27.7 Å². The predicted octanol–water partition coefficient (Wildman–Crippen LogP) is 4.19. The zero-order valence-corrected chi connectivity index (χ0v) is 8.68. The molecule has 0 aromatic carbocycles.